The second-order valence-electron chi connectivity index (χ2n) is 13.2. The van der Waals surface area contributed by atoms with E-state index in [2.05, 4.69) is 4.74 Å². The Hall–Kier alpha value is -1.48. The Morgan fingerprint density at radius 3 is 1.82 bits per heavy atom. The van der Waals surface area contributed by atoms with Gasteiger partial charge in [-0.1, -0.05) is 20.8 Å². The van der Waals surface area contributed by atoms with Gasteiger partial charge >= 0.3 is 24.3 Å². The second-order valence-corrected chi connectivity index (χ2v) is 13.2. The molecule has 10 heteroatoms. The van der Waals surface area contributed by atoms with Crippen LogP contribution in [0.15, 0.2) is 0 Å². The molecular formula is C29H42F6O4. The molecule has 6 aliphatic rings. The Bertz CT molecular complexity index is 932. The van der Waals surface area contributed by atoms with Crippen molar-refractivity contribution in [3.8, 4) is 0 Å². The molecule has 0 amide bonds. The maximum atomic E-state index is 14.7. The van der Waals surface area contributed by atoms with E-state index in [0.717, 1.165) is 46.1 Å². The Morgan fingerprint density at radius 2 is 1.41 bits per heavy atom. The van der Waals surface area contributed by atoms with Gasteiger partial charge in [-0.05, 0) is 113 Å². The number of alkyl halides is 6. The third kappa shape index (κ3) is 4.39. The molecule has 0 spiro atoms. The molecule has 0 aliphatic heterocycles. The van der Waals surface area contributed by atoms with Gasteiger partial charge in [-0.2, -0.15) is 26.3 Å². The van der Waals surface area contributed by atoms with Crippen LogP contribution in [0.2, 0.25) is 0 Å². The van der Waals surface area contributed by atoms with Crippen molar-refractivity contribution in [1.29, 1.82) is 0 Å². The fraction of sp³-hybridized carbons (Fsp3) is 0.931. The van der Waals surface area contributed by atoms with E-state index in [1.165, 1.54) is 0 Å². The predicted molar refractivity (Wildman–Crippen MR) is 131 cm³/mol. The zero-order valence-electron chi connectivity index (χ0n) is 23.7. The number of rotatable bonds is 5. The Labute approximate surface area is 226 Å². The summed E-state index contributed by atoms with van der Waals surface area (Å²) in [7, 11) is 0.864. The fourth-order valence-corrected chi connectivity index (χ4v) is 9.40. The van der Waals surface area contributed by atoms with Gasteiger partial charge in [0.15, 0.2) is 10.8 Å². The average molecular weight is 569 g/mol. The van der Waals surface area contributed by atoms with Gasteiger partial charge in [0.05, 0.1) is 7.11 Å². The molecule has 6 unspecified atom stereocenters. The summed E-state index contributed by atoms with van der Waals surface area (Å²) >= 11 is 0. The quantitative estimate of drug-likeness (QED) is 0.251. The van der Waals surface area contributed by atoms with Crippen LogP contribution < -0.4 is 0 Å². The summed E-state index contributed by atoms with van der Waals surface area (Å²) in [6.07, 6.45) is -6.92. The van der Waals surface area contributed by atoms with Gasteiger partial charge in [-0.15, -0.1) is 0 Å². The molecule has 0 heterocycles. The minimum Gasteiger partial charge on any atom is -0.468 e. The van der Waals surface area contributed by atoms with Crippen LogP contribution in [0.25, 0.3) is 0 Å². The monoisotopic (exact) mass is 568 g/mol. The van der Waals surface area contributed by atoms with Gasteiger partial charge in [0.1, 0.15) is 5.60 Å². The highest BCUT2D eigenvalue weighted by atomic mass is 19.4. The van der Waals surface area contributed by atoms with Crippen molar-refractivity contribution in [3.05, 3.63) is 0 Å². The maximum Gasteiger partial charge on any atom is 0.405 e. The van der Waals surface area contributed by atoms with Crippen molar-refractivity contribution >= 4 is 11.9 Å². The fourth-order valence-electron chi connectivity index (χ4n) is 9.40. The van der Waals surface area contributed by atoms with Crippen molar-refractivity contribution in [2.45, 2.75) is 104 Å². The van der Waals surface area contributed by atoms with Gasteiger partial charge in [-0.25, -0.2) is 0 Å². The van der Waals surface area contributed by atoms with Crippen LogP contribution in [0.1, 0.15) is 86.0 Å². The Morgan fingerprint density at radius 1 is 0.897 bits per heavy atom. The van der Waals surface area contributed by atoms with Crippen molar-refractivity contribution in [3.63, 3.8) is 0 Å². The van der Waals surface area contributed by atoms with E-state index in [4.69, 9.17) is 4.74 Å². The van der Waals surface area contributed by atoms with Crippen LogP contribution in [-0.4, -0.2) is 37.0 Å². The lowest BCUT2D eigenvalue weighted by atomic mass is 9.50. The molecular weight excluding hydrogens is 526 g/mol. The first kappa shape index (κ1) is 30.5. The normalized spacial score (nSPS) is 43.9. The Kier molecular flexibility index (Phi) is 7.67. The summed E-state index contributed by atoms with van der Waals surface area (Å²) in [6.45, 7) is 8.15. The SMILES string of the molecule is CC.COC(=O)C1(C(F)(F)F)CC2CC1C(CC(C)(C(=O)OC1(C)C3CC4CC(C3)CC1C4)C(F)(F)F)C2C. The molecule has 4 nitrogen and oxygen atoms in total. The van der Waals surface area contributed by atoms with Crippen LogP contribution in [0, 0.1) is 58.2 Å². The van der Waals surface area contributed by atoms with E-state index in [1.54, 1.807) is 13.8 Å². The summed E-state index contributed by atoms with van der Waals surface area (Å²) in [4.78, 5) is 26.0. The molecule has 6 aliphatic carbocycles. The largest absolute Gasteiger partial charge is 0.468 e. The van der Waals surface area contributed by atoms with Crippen LogP contribution in [0.4, 0.5) is 26.3 Å². The third-order valence-electron chi connectivity index (χ3n) is 11.6. The number of fused-ring (bicyclic) bond motifs is 2. The van der Waals surface area contributed by atoms with E-state index < -0.39 is 77.2 Å². The Balaban J connectivity index is 0.00000172. The zero-order chi connectivity index (χ0) is 29.3. The van der Waals surface area contributed by atoms with Crippen molar-refractivity contribution in [2.75, 3.05) is 7.11 Å². The van der Waals surface area contributed by atoms with Gasteiger partial charge in [0.25, 0.3) is 0 Å². The minimum absolute atomic E-state index is 0.00352. The number of esters is 2. The maximum absolute atomic E-state index is 14.7. The first-order valence-electron chi connectivity index (χ1n) is 14.4. The second kappa shape index (κ2) is 9.81. The van der Waals surface area contributed by atoms with E-state index in [9.17, 15) is 35.9 Å². The van der Waals surface area contributed by atoms with Gasteiger partial charge in [-0.3, -0.25) is 9.59 Å². The molecule has 0 N–H and O–H groups in total. The third-order valence-corrected chi connectivity index (χ3v) is 11.6. The number of ether oxygens (including phenoxy) is 2. The summed E-state index contributed by atoms with van der Waals surface area (Å²) in [5.74, 6) is -5.41. The summed E-state index contributed by atoms with van der Waals surface area (Å²) in [6, 6.07) is 0. The van der Waals surface area contributed by atoms with Crippen LogP contribution >= 0.6 is 0 Å². The molecule has 0 aromatic rings. The number of hydrogen-bond donors (Lipinski definition) is 0. The molecule has 6 fully saturated rings. The smallest absolute Gasteiger partial charge is 0.405 e. The first-order valence-corrected chi connectivity index (χ1v) is 14.4. The molecule has 6 bridgehead atoms. The lowest BCUT2D eigenvalue weighted by molar-refractivity contribution is -0.266. The van der Waals surface area contributed by atoms with E-state index >= 15 is 0 Å². The zero-order valence-corrected chi connectivity index (χ0v) is 23.7. The highest BCUT2D eigenvalue weighted by Crippen LogP contribution is 2.69. The molecule has 39 heavy (non-hydrogen) atoms. The minimum atomic E-state index is -5.03. The first-order chi connectivity index (χ1) is 18.0. The molecule has 0 radical (unpaired) electrons. The molecule has 0 aromatic carbocycles. The van der Waals surface area contributed by atoms with Crippen molar-refractivity contribution in [2.24, 2.45) is 58.2 Å². The topological polar surface area (TPSA) is 52.6 Å². The van der Waals surface area contributed by atoms with E-state index in [1.807, 2.05) is 13.8 Å². The lowest BCUT2D eigenvalue weighted by Crippen LogP contribution is -2.60. The van der Waals surface area contributed by atoms with Crippen molar-refractivity contribution in [1.82, 2.24) is 0 Å². The van der Waals surface area contributed by atoms with Crippen LogP contribution in [0.5, 0.6) is 0 Å². The predicted octanol–water partition coefficient (Wildman–Crippen LogP) is 7.74. The number of carbonyl (C=O) groups is 2. The molecule has 6 rings (SSSR count). The van der Waals surface area contributed by atoms with Crippen LogP contribution in [0.3, 0.4) is 0 Å². The van der Waals surface area contributed by atoms with Crippen molar-refractivity contribution < 1.29 is 45.4 Å². The molecule has 0 aromatic heterocycles. The number of halogens is 6. The molecule has 224 valence electrons. The number of hydrogen-bond acceptors (Lipinski definition) is 4. The van der Waals surface area contributed by atoms with Crippen LogP contribution in [-0.2, 0) is 19.1 Å². The summed E-state index contributed by atoms with van der Waals surface area (Å²) in [5.41, 5.74) is -6.84. The standard InChI is InChI=1S/C27H36F6O4.C2H6/c1-13-16-10-20(25(11-16,22(35)36-4)27(31,32)33)19(13)12-23(2,26(28,29)30)21(34)37-24(3)17-6-14-5-15(8-17)9-18(24)7-14;1-2/h13-20H,5-12H2,1-4H3;1-2H3. The lowest BCUT2D eigenvalue weighted by Gasteiger charge is -2.59. The number of carbonyl (C=O) groups excluding carboxylic acids is 2. The molecule has 0 saturated heterocycles. The van der Waals surface area contributed by atoms with Gasteiger partial charge in [0, 0.05) is 0 Å². The highest BCUT2D eigenvalue weighted by Gasteiger charge is 2.75. The molecule has 6 saturated carbocycles. The summed E-state index contributed by atoms with van der Waals surface area (Å²) < 4.78 is 97.4. The van der Waals surface area contributed by atoms with E-state index in [0.29, 0.717) is 11.8 Å². The molecule has 6 atom stereocenters. The summed E-state index contributed by atoms with van der Waals surface area (Å²) in [5, 5.41) is 0. The highest BCUT2D eigenvalue weighted by molar-refractivity contribution is 5.80. The number of methoxy groups -OCH3 is 1. The van der Waals surface area contributed by atoms with Gasteiger partial charge in [0.2, 0.25) is 0 Å². The average Bonchev–Trinajstić information content (AvgIpc) is 3.39. The van der Waals surface area contributed by atoms with Gasteiger partial charge < -0.3 is 9.47 Å². The van der Waals surface area contributed by atoms with E-state index in [-0.39, 0.29) is 18.3 Å².